The average molecular weight is 380 g/mol. The number of nitro groups is 1. The Kier molecular flexibility index (Phi) is 4.05. The monoisotopic (exact) mass is 380 g/mol. The molecule has 27 heavy (non-hydrogen) atoms. The molecule has 1 aromatic rings. The molecule has 2 bridgehead atoms. The van der Waals surface area contributed by atoms with Crippen molar-refractivity contribution < 1.29 is 22.9 Å². The number of alkyl halides is 3. The maximum Gasteiger partial charge on any atom is 0.423 e. The summed E-state index contributed by atoms with van der Waals surface area (Å²) in [6, 6.07) is 2.61. The third-order valence-corrected chi connectivity index (χ3v) is 6.45. The maximum atomic E-state index is 13.4. The highest BCUT2D eigenvalue weighted by atomic mass is 19.4. The molecule has 0 radical (unpaired) electrons. The first-order valence-electron chi connectivity index (χ1n) is 9.03. The number of fused-ring (bicyclic) bond motifs is 5. The van der Waals surface area contributed by atoms with Gasteiger partial charge in [-0.05, 0) is 55.6 Å². The fourth-order valence-corrected chi connectivity index (χ4v) is 5.56. The fourth-order valence-electron chi connectivity index (χ4n) is 5.56. The molecule has 1 aliphatic heterocycles. The average Bonchev–Trinajstić information content (AvgIpc) is 3.27. The first-order valence-corrected chi connectivity index (χ1v) is 9.03. The van der Waals surface area contributed by atoms with E-state index in [4.69, 9.17) is 0 Å². The van der Waals surface area contributed by atoms with Crippen LogP contribution in [0.3, 0.4) is 0 Å². The Balaban J connectivity index is 1.79. The number of hydrogen-bond donors (Lipinski definition) is 0. The molecule has 3 aliphatic rings. The van der Waals surface area contributed by atoms with Gasteiger partial charge in [0.2, 0.25) is 5.91 Å². The highest BCUT2D eigenvalue weighted by Gasteiger charge is 2.60. The third kappa shape index (κ3) is 2.64. The van der Waals surface area contributed by atoms with Crippen molar-refractivity contribution in [2.45, 2.75) is 37.9 Å². The summed E-state index contributed by atoms with van der Waals surface area (Å²) in [4.78, 5) is 24.5. The van der Waals surface area contributed by atoms with Gasteiger partial charge >= 0.3 is 6.18 Å². The fraction of sp³-hybridized carbons (Fsp3) is 0.526. The molecule has 5 nitrogen and oxygen atoms in total. The van der Waals surface area contributed by atoms with Crippen molar-refractivity contribution in [2.24, 2.45) is 23.7 Å². The van der Waals surface area contributed by atoms with Gasteiger partial charge in [0.05, 0.1) is 4.92 Å². The number of amides is 1. The van der Waals surface area contributed by atoms with E-state index in [1.807, 2.05) is 0 Å². The van der Waals surface area contributed by atoms with E-state index in [0.29, 0.717) is 18.3 Å². The van der Waals surface area contributed by atoms with Crippen LogP contribution >= 0.6 is 0 Å². The van der Waals surface area contributed by atoms with E-state index in [1.165, 1.54) is 11.0 Å². The number of carbonyl (C=O) groups is 1. The Labute approximate surface area is 154 Å². The van der Waals surface area contributed by atoms with E-state index < -0.39 is 22.4 Å². The topological polar surface area (TPSA) is 63.5 Å². The van der Waals surface area contributed by atoms with Crippen LogP contribution in [0.4, 0.5) is 24.5 Å². The van der Waals surface area contributed by atoms with Crippen molar-refractivity contribution in [3.8, 4) is 0 Å². The van der Waals surface area contributed by atoms with Gasteiger partial charge in [-0.3, -0.25) is 14.9 Å². The number of benzene rings is 1. The minimum Gasteiger partial charge on any atom is -0.308 e. The van der Waals surface area contributed by atoms with E-state index in [9.17, 15) is 28.1 Å². The Morgan fingerprint density at radius 1 is 1.30 bits per heavy atom. The van der Waals surface area contributed by atoms with E-state index in [-0.39, 0.29) is 29.5 Å². The van der Waals surface area contributed by atoms with Crippen LogP contribution in [0.25, 0.3) is 0 Å². The lowest BCUT2D eigenvalue weighted by atomic mass is 9.77. The standard InChI is InChI=1S/C19H19F3N2O3/c1-2-3-15-16-10-4-5-11(8-10)17(16)18(25)23(15)12-6-7-14(24(26)27)13(9-12)19(20,21)22/h2,6-7,9-11,15-17H,1,3-5,8H2/t10-,11+,15?,16+,17+/m1/s1. The first kappa shape index (κ1) is 18.0. The summed E-state index contributed by atoms with van der Waals surface area (Å²) >= 11 is 0. The van der Waals surface area contributed by atoms with Gasteiger partial charge in [-0.2, -0.15) is 13.2 Å². The van der Waals surface area contributed by atoms with Gasteiger partial charge in [-0.1, -0.05) is 6.08 Å². The molecule has 2 aliphatic carbocycles. The summed E-state index contributed by atoms with van der Waals surface area (Å²) in [5, 5.41) is 11.0. The van der Waals surface area contributed by atoms with Gasteiger partial charge in [0.1, 0.15) is 5.56 Å². The van der Waals surface area contributed by atoms with Crippen LogP contribution < -0.4 is 4.90 Å². The molecule has 5 atom stereocenters. The molecule has 1 aromatic carbocycles. The summed E-state index contributed by atoms with van der Waals surface area (Å²) in [6.45, 7) is 3.74. The molecule has 1 unspecified atom stereocenters. The summed E-state index contributed by atoms with van der Waals surface area (Å²) in [6.07, 6.45) is 0.361. The number of anilines is 1. The zero-order chi connectivity index (χ0) is 19.5. The lowest BCUT2D eigenvalue weighted by molar-refractivity contribution is -0.388. The molecule has 1 heterocycles. The van der Waals surface area contributed by atoms with Crippen molar-refractivity contribution in [3.05, 3.63) is 46.5 Å². The van der Waals surface area contributed by atoms with Crippen LogP contribution in [-0.4, -0.2) is 16.9 Å². The van der Waals surface area contributed by atoms with E-state index >= 15 is 0 Å². The van der Waals surface area contributed by atoms with E-state index in [2.05, 4.69) is 6.58 Å². The Morgan fingerprint density at radius 2 is 2.00 bits per heavy atom. The van der Waals surface area contributed by atoms with Crippen molar-refractivity contribution in [1.29, 1.82) is 0 Å². The zero-order valence-electron chi connectivity index (χ0n) is 14.5. The highest BCUT2D eigenvalue weighted by molar-refractivity contribution is 5.99. The van der Waals surface area contributed by atoms with Gasteiger partial charge < -0.3 is 4.90 Å². The molecule has 144 valence electrons. The molecule has 1 saturated heterocycles. The van der Waals surface area contributed by atoms with Crippen LogP contribution in [0.1, 0.15) is 31.2 Å². The number of carbonyl (C=O) groups excluding carboxylic acids is 1. The van der Waals surface area contributed by atoms with Gasteiger partial charge in [0, 0.05) is 23.7 Å². The summed E-state index contributed by atoms with van der Waals surface area (Å²) < 4.78 is 40.1. The number of halogens is 3. The minimum absolute atomic E-state index is 0.0820. The minimum atomic E-state index is -4.87. The second-order valence-corrected chi connectivity index (χ2v) is 7.69. The molecule has 4 rings (SSSR count). The number of nitro benzene ring substituents is 1. The largest absolute Gasteiger partial charge is 0.423 e. The summed E-state index contributed by atoms with van der Waals surface area (Å²) in [5.74, 6) is 0.530. The van der Waals surface area contributed by atoms with Gasteiger partial charge in [-0.15, -0.1) is 6.58 Å². The molecule has 0 N–H and O–H groups in total. The molecule has 0 aromatic heterocycles. The predicted molar refractivity (Wildman–Crippen MR) is 92.0 cm³/mol. The van der Waals surface area contributed by atoms with Crippen molar-refractivity contribution in [2.75, 3.05) is 4.90 Å². The number of nitrogens with zero attached hydrogens (tertiary/aromatic N) is 2. The molecule has 8 heteroatoms. The summed E-state index contributed by atoms with van der Waals surface area (Å²) in [7, 11) is 0. The summed E-state index contributed by atoms with van der Waals surface area (Å²) in [5.41, 5.74) is -2.24. The lowest BCUT2D eigenvalue weighted by Gasteiger charge is -2.30. The number of rotatable bonds is 4. The van der Waals surface area contributed by atoms with Gasteiger partial charge in [0.25, 0.3) is 5.69 Å². The highest BCUT2D eigenvalue weighted by Crippen LogP contribution is 2.59. The van der Waals surface area contributed by atoms with E-state index in [1.54, 1.807) is 6.08 Å². The van der Waals surface area contributed by atoms with Gasteiger partial charge in [0.15, 0.2) is 0 Å². The molecule has 1 amide bonds. The Bertz CT molecular complexity index is 823. The number of hydrogen-bond acceptors (Lipinski definition) is 3. The van der Waals surface area contributed by atoms with E-state index in [0.717, 1.165) is 31.4 Å². The van der Waals surface area contributed by atoms with Crippen LogP contribution in [0.15, 0.2) is 30.9 Å². The lowest BCUT2D eigenvalue weighted by Crippen LogP contribution is -2.37. The molecular formula is C19H19F3N2O3. The zero-order valence-corrected chi connectivity index (χ0v) is 14.5. The Hall–Kier alpha value is -2.38. The van der Waals surface area contributed by atoms with Crippen LogP contribution in [0.2, 0.25) is 0 Å². The van der Waals surface area contributed by atoms with Crippen LogP contribution in [0, 0.1) is 33.8 Å². The van der Waals surface area contributed by atoms with Crippen molar-refractivity contribution in [3.63, 3.8) is 0 Å². The van der Waals surface area contributed by atoms with Gasteiger partial charge in [-0.25, -0.2) is 0 Å². The van der Waals surface area contributed by atoms with Crippen LogP contribution in [-0.2, 0) is 11.0 Å². The van der Waals surface area contributed by atoms with Crippen molar-refractivity contribution >= 4 is 17.3 Å². The molecule has 0 spiro atoms. The SMILES string of the molecule is C=CCC1[C@@H]2[C@@H]3CC[C@@H](C3)[C@@H]2C(=O)N1c1ccc([N+](=O)[O-])c(C(F)(F)F)c1. The Morgan fingerprint density at radius 3 is 2.63 bits per heavy atom. The second-order valence-electron chi connectivity index (χ2n) is 7.69. The third-order valence-electron chi connectivity index (χ3n) is 6.45. The predicted octanol–water partition coefficient (Wildman–Crippen LogP) is 4.57. The van der Waals surface area contributed by atoms with Crippen molar-refractivity contribution in [1.82, 2.24) is 0 Å². The van der Waals surface area contributed by atoms with Crippen LogP contribution in [0.5, 0.6) is 0 Å². The molecule has 3 fully saturated rings. The normalized spacial score (nSPS) is 32.0. The maximum absolute atomic E-state index is 13.4. The molecule has 2 saturated carbocycles. The molecular weight excluding hydrogens is 361 g/mol. The smallest absolute Gasteiger partial charge is 0.308 e. The second kappa shape index (κ2) is 6.07. The first-order chi connectivity index (χ1) is 12.7. The quantitative estimate of drug-likeness (QED) is 0.437.